The Kier molecular flexibility index (Phi) is 6.94. The smallest absolute Gasteiger partial charge is 0.234 e. The molecule has 0 aliphatic heterocycles. The molecule has 1 aromatic carbocycles. The molecule has 0 saturated heterocycles. The Balaban J connectivity index is 1.61. The van der Waals surface area contributed by atoms with Gasteiger partial charge in [-0.05, 0) is 37.3 Å². The van der Waals surface area contributed by atoms with E-state index in [2.05, 4.69) is 20.5 Å². The number of halogens is 3. The molecule has 0 saturated carbocycles. The SMILES string of the molecule is CC(Oc1ccc(F)cc1Cl)c1nnc(SCC(=O)Nc2cccnc2Cl)n1C. The zero-order valence-electron chi connectivity index (χ0n) is 15.4. The van der Waals surface area contributed by atoms with Crippen LogP contribution in [0.3, 0.4) is 0 Å². The number of hydrogen-bond donors (Lipinski definition) is 1. The van der Waals surface area contributed by atoms with E-state index in [9.17, 15) is 9.18 Å². The van der Waals surface area contributed by atoms with E-state index >= 15 is 0 Å². The second-order valence-corrected chi connectivity index (χ2v) is 7.62. The molecule has 152 valence electrons. The van der Waals surface area contributed by atoms with Crippen LogP contribution in [0.5, 0.6) is 5.75 Å². The van der Waals surface area contributed by atoms with Gasteiger partial charge in [0, 0.05) is 13.2 Å². The van der Waals surface area contributed by atoms with Gasteiger partial charge in [-0.1, -0.05) is 35.0 Å². The average Bonchev–Trinajstić information content (AvgIpc) is 3.05. The minimum Gasteiger partial charge on any atom is -0.481 e. The van der Waals surface area contributed by atoms with Gasteiger partial charge in [-0.3, -0.25) is 4.79 Å². The van der Waals surface area contributed by atoms with Crippen LogP contribution < -0.4 is 10.1 Å². The van der Waals surface area contributed by atoms with Gasteiger partial charge in [0.05, 0.1) is 16.5 Å². The van der Waals surface area contributed by atoms with Gasteiger partial charge in [0.15, 0.2) is 22.2 Å². The van der Waals surface area contributed by atoms with Crippen molar-refractivity contribution >= 4 is 46.6 Å². The van der Waals surface area contributed by atoms with Crippen molar-refractivity contribution < 1.29 is 13.9 Å². The summed E-state index contributed by atoms with van der Waals surface area (Å²) < 4.78 is 20.7. The molecule has 2 aromatic heterocycles. The topological polar surface area (TPSA) is 81.9 Å². The lowest BCUT2D eigenvalue weighted by Crippen LogP contribution is -2.15. The molecule has 0 aliphatic rings. The summed E-state index contributed by atoms with van der Waals surface area (Å²) in [5, 5.41) is 11.8. The highest BCUT2D eigenvalue weighted by molar-refractivity contribution is 7.99. The first-order chi connectivity index (χ1) is 13.8. The number of nitrogens with zero attached hydrogens (tertiary/aromatic N) is 4. The first-order valence-corrected chi connectivity index (χ1v) is 10.1. The molecule has 0 aliphatic carbocycles. The van der Waals surface area contributed by atoms with E-state index in [1.807, 2.05) is 0 Å². The summed E-state index contributed by atoms with van der Waals surface area (Å²) in [7, 11) is 1.76. The number of anilines is 1. The molecule has 29 heavy (non-hydrogen) atoms. The van der Waals surface area contributed by atoms with E-state index in [1.54, 1.807) is 30.7 Å². The van der Waals surface area contributed by atoms with E-state index < -0.39 is 11.9 Å². The third kappa shape index (κ3) is 5.37. The van der Waals surface area contributed by atoms with Crippen LogP contribution in [0.4, 0.5) is 10.1 Å². The molecule has 0 fully saturated rings. The molecule has 2 heterocycles. The van der Waals surface area contributed by atoms with Crippen molar-refractivity contribution in [1.82, 2.24) is 19.7 Å². The molecule has 3 aromatic rings. The summed E-state index contributed by atoms with van der Waals surface area (Å²) in [5.41, 5.74) is 0.441. The number of aromatic nitrogens is 4. The summed E-state index contributed by atoms with van der Waals surface area (Å²) in [6, 6.07) is 7.23. The molecule has 0 bridgehead atoms. The Morgan fingerprint density at radius 3 is 2.86 bits per heavy atom. The number of carbonyl (C=O) groups excluding carboxylic acids is 1. The third-order valence-electron chi connectivity index (χ3n) is 3.80. The molecule has 1 amide bonds. The molecule has 1 N–H and O–H groups in total. The van der Waals surface area contributed by atoms with Crippen LogP contribution in [-0.4, -0.2) is 31.4 Å². The maximum Gasteiger partial charge on any atom is 0.234 e. The molecule has 3 rings (SSSR count). The van der Waals surface area contributed by atoms with Crippen LogP contribution in [0, 0.1) is 5.82 Å². The first kappa shape index (κ1) is 21.4. The molecule has 7 nitrogen and oxygen atoms in total. The van der Waals surface area contributed by atoms with E-state index in [-0.39, 0.29) is 21.8 Å². The second-order valence-electron chi connectivity index (χ2n) is 5.91. The normalized spacial score (nSPS) is 11.9. The number of rotatable bonds is 7. The summed E-state index contributed by atoms with van der Waals surface area (Å²) in [5.74, 6) is 0.278. The van der Waals surface area contributed by atoms with Crippen molar-refractivity contribution in [3.05, 3.63) is 58.3 Å². The fraction of sp³-hybridized carbons (Fsp3) is 0.222. The van der Waals surface area contributed by atoms with E-state index in [1.165, 1.54) is 36.2 Å². The van der Waals surface area contributed by atoms with Gasteiger partial charge < -0.3 is 14.6 Å². The summed E-state index contributed by atoms with van der Waals surface area (Å²) in [6.45, 7) is 1.77. The van der Waals surface area contributed by atoms with Gasteiger partial charge in [0.1, 0.15) is 11.6 Å². The van der Waals surface area contributed by atoms with Crippen molar-refractivity contribution in [2.75, 3.05) is 11.1 Å². The van der Waals surface area contributed by atoms with Crippen LogP contribution >= 0.6 is 35.0 Å². The maximum absolute atomic E-state index is 13.2. The van der Waals surface area contributed by atoms with Crippen LogP contribution in [-0.2, 0) is 11.8 Å². The fourth-order valence-electron chi connectivity index (χ4n) is 2.42. The minimum absolute atomic E-state index is 0.107. The zero-order chi connectivity index (χ0) is 21.0. The predicted molar refractivity (Wildman–Crippen MR) is 110 cm³/mol. The van der Waals surface area contributed by atoms with Gasteiger partial charge >= 0.3 is 0 Å². The van der Waals surface area contributed by atoms with E-state index in [4.69, 9.17) is 27.9 Å². The maximum atomic E-state index is 13.2. The lowest BCUT2D eigenvalue weighted by Gasteiger charge is -2.15. The Labute approximate surface area is 180 Å². The Morgan fingerprint density at radius 1 is 1.34 bits per heavy atom. The van der Waals surface area contributed by atoms with Crippen molar-refractivity contribution in [3.63, 3.8) is 0 Å². The molecule has 0 spiro atoms. The Hall–Kier alpha value is -2.36. The standard InChI is InChI=1S/C18H16Cl2FN5O2S/c1-10(28-14-6-5-11(21)8-12(14)19)17-24-25-18(26(17)2)29-9-15(27)23-13-4-3-7-22-16(13)20/h3-8,10H,9H2,1-2H3,(H,23,27). The van der Waals surface area contributed by atoms with Crippen LogP contribution in [0.15, 0.2) is 41.7 Å². The van der Waals surface area contributed by atoms with E-state index in [0.29, 0.717) is 22.4 Å². The van der Waals surface area contributed by atoms with Gasteiger partial charge in [0.2, 0.25) is 5.91 Å². The number of thioether (sulfide) groups is 1. The number of benzene rings is 1. The summed E-state index contributed by atoms with van der Waals surface area (Å²) in [6.07, 6.45) is 1.05. The Morgan fingerprint density at radius 2 is 2.14 bits per heavy atom. The van der Waals surface area contributed by atoms with E-state index in [0.717, 1.165) is 0 Å². The van der Waals surface area contributed by atoms with Crippen LogP contribution in [0.25, 0.3) is 0 Å². The zero-order valence-corrected chi connectivity index (χ0v) is 17.7. The number of pyridine rings is 1. The fourth-order valence-corrected chi connectivity index (χ4v) is 3.51. The Bertz CT molecular complexity index is 1030. The van der Waals surface area contributed by atoms with Crippen molar-refractivity contribution in [1.29, 1.82) is 0 Å². The minimum atomic E-state index is -0.493. The number of amides is 1. The van der Waals surface area contributed by atoms with Gasteiger partial charge in [-0.25, -0.2) is 9.37 Å². The van der Waals surface area contributed by atoms with Crippen molar-refractivity contribution in [3.8, 4) is 5.75 Å². The highest BCUT2D eigenvalue weighted by Crippen LogP contribution is 2.30. The lowest BCUT2D eigenvalue weighted by molar-refractivity contribution is -0.113. The van der Waals surface area contributed by atoms with Crippen molar-refractivity contribution in [2.24, 2.45) is 7.05 Å². The average molecular weight is 456 g/mol. The number of ether oxygens (including phenoxy) is 1. The molecule has 0 radical (unpaired) electrons. The second kappa shape index (κ2) is 9.43. The highest BCUT2D eigenvalue weighted by atomic mass is 35.5. The molecular weight excluding hydrogens is 440 g/mol. The first-order valence-electron chi connectivity index (χ1n) is 8.39. The number of hydrogen-bond acceptors (Lipinski definition) is 6. The van der Waals surface area contributed by atoms with Gasteiger partial charge in [-0.15, -0.1) is 10.2 Å². The molecule has 1 unspecified atom stereocenters. The van der Waals surface area contributed by atoms with Crippen molar-refractivity contribution in [2.45, 2.75) is 18.2 Å². The molecular formula is C18H16Cl2FN5O2S. The van der Waals surface area contributed by atoms with Crippen LogP contribution in [0.2, 0.25) is 10.2 Å². The number of nitrogens with one attached hydrogen (secondary N) is 1. The molecule has 11 heteroatoms. The van der Waals surface area contributed by atoms with Gasteiger partial charge in [0.25, 0.3) is 0 Å². The van der Waals surface area contributed by atoms with Crippen LogP contribution in [0.1, 0.15) is 18.9 Å². The molecule has 1 atom stereocenters. The quantitative estimate of drug-likeness (QED) is 0.416. The monoisotopic (exact) mass is 455 g/mol. The third-order valence-corrected chi connectivity index (χ3v) is 5.41. The lowest BCUT2D eigenvalue weighted by atomic mass is 10.3. The van der Waals surface area contributed by atoms with Gasteiger partial charge in [-0.2, -0.15) is 0 Å². The predicted octanol–water partition coefficient (Wildman–Crippen LogP) is 4.53. The largest absolute Gasteiger partial charge is 0.481 e. The number of carbonyl (C=O) groups is 1. The highest BCUT2D eigenvalue weighted by Gasteiger charge is 2.19. The summed E-state index contributed by atoms with van der Waals surface area (Å²) >= 11 is 13.1. The summed E-state index contributed by atoms with van der Waals surface area (Å²) in [4.78, 5) is 16.1.